The lowest BCUT2D eigenvalue weighted by Crippen LogP contribution is -2.51. The minimum absolute atomic E-state index is 0.250. The first-order chi connectivity index (χ1) is 12.0. The maximum atomic E-state index is 12.7. The molecule has 3 rings (SSSR count). The third kappa shape index (κ3) is 4.00. The Balaban J connectivity index is 1.62. The minimum atomic E-state index is -3.54. The van der Waals surface area contributed by atoms with Gasteiger partial charge in [-0.3, -0.25) is 0 Å². The number of aryl methyl sites for hydroxylation is 1. The SMILES string of the molecule is Cc1cccc(S(=O)(=O)N2CCN(C(=O)Oc3ccccc3)CC2)c1. The molecule has 7 heteroatoms. The molecule has 0 bridgehead atoms. The van der Waals surface area contributed by atoms with Crippen molar-refractivity contribution in [3.05, 3.63) is 60.2 Å². The normalized spacial score (nSPS) is 15.8. The van der Waals surface area contributed by atoms with Gasteiger partial charge in [-0.05, 0) is 36.8 Å². The molecule has 1 aliphatic rings. The molecule has 2 aromatic carbocycles. The lowest BCUT2D eigenvalue weighted by molar-refractivity contribution is 0.132. The number of hydrogen-bond donors (Lipinski definition) is 0. The summed E-state index contributed by atoms with van der Waals surface area (Å²) in [5, 5.41) is 0. The standard InChI is InChI=1S/C18H20N2O4S/c1-15-6-5-9-17(14-15)25(22,23)20-12-10-19(11-13-20)18(21)24-16-7-3-2-4-8-16/h2-9,14H,10-13H2,1H3. The van der Waals surface area contributed by atoms with E-state index in [-0.39, 0.29) is 18.0 Å². The summed E-state index contributed by atoms with van der Waals surface area (Å²) in [4.78, 5) is 14.0. The Kier molecular flexibility index (Phi) is 5.06. The van der Waals surface area contributed by atoms with Crippen LogP contribution in [0.15, 0.2) is 59.5 Å². The number of carbonyl (C=O) groups is 1. The molecule has 0 aromatic heterocycles. The van der Waals surface area contributed by atoms with E-state index in [1.807, 2.05) is 19.1 Å². The minimum Gasteiger partial charge on any atom is -0.410 e. The third-order valence-electron chi connectivity index (χ3n) is 4.07. The summed E-state index contributed by atoms with van der Waals surface area (Å²) in [7, 11) is -3.54. The highest BCUT2D eigenvalue weighted by Gasteiger charge is 2.30. The van der Waals surface area contributed by atoms with E-state index in [0.717, 1.165) is 5.56 Å². The molecule has 1 saturated heterocycles. The Labute approximate surface area is 147 Å². The van der Waals surface area contributed by atoms with Crippen LogP contribution in [0.25, 0.3) is 0 Å². The molecule has 1 amide bonds. The van der Waals surface area contributed by atoms with Gasteiger partial charge in [0.1, 0.15) is 5.75 Å². The van der Waals surface area contributed by atoms with Crippen LogP contribution in [-0.2, 0) is 10.0 Å². The summed E-state index contributed by atoms with van der Waals surface area (Å²) in [5.41, 5.74) is 0.895. The zero-order valence-electron chi connectivity index (χ0n) is 14.0. The number of amides is 1. The fourth-order valence-electron chi connectivity index (χ4n) is 2.69. The molecule has 0 atom stereocenters. The van der Waals surface area contributed by atoms with E-state index in [1.54, 1.807) is 42.5 Å². The summed E-state index contributed by atoms with van der Waals surface area (Å²) in [5.74, 6) is 0.474. The van der Waals surface area contributed by atoms with E-state index < -0.39 is 16.1 Å². The van der Waals surface area contributed by atoms with Crippen LogP contribution in [0.5, 0.6) is 5.75 Å². The molecule has 132 valence electrons. The van der Waals surface area contributed by atoms with E-state index in [9.17, 15) is 13.2 Å². The summed E-state index contributed by atoms with van der Waals surface area (Å²) >= 11 is 0. The lowest BCUT2D eigenvalue weighted by atomic mass is 10.2. The number of carbonyl (C=O) groups excluding carboxylic acids is 1. The van der Waals surface area contributed by atoms with Crippen LogP contribution >= 0.6 is 0 Å². The van der Waals surface area contributed by atoms with Crippen LogP contribution in [0.1, 0.15) is 5.56 Å². The van der Waals surface area contributed by atoms with Crippen molar-refractivity contribution in [3.63, 3.8) is 0 Å². The van der Waals surface area contributed by atoms with Gasteiger partial charge in [-0.15, -0.1) is 0 Å². The first kappa shape index (κ1) is 17.4. The zero-order valence-corrected chi connectivity index (χ0v) is 14.8. The molecule has 0 radical (unpaired) electrons. The van der Waals surface area contributed by atoms with E-state index in [4.69, 9.17) is 4.74 Å². The smallest absolute Gasteiger partial charge is 0.410 e. The molecule has 0 spiro atoms. The molecule has 1 fully saturated rings. The van der Waals surface area contributed by atoms with Gasteiger partial charge < -0.3 is 9.64 Å². The second kappa shape index (κ2) is 7.25. The van der Waals surface area contributed by atoms with Crippen LogP contribution in [0, 0.1) is 6.92 Å². The molecule has 6 nitrogen and oxygen atoms in total. The van der Waals surface area contributed by atoms with Crippen LogP contribution < -0.4 is 4.74 Å². The zero-order chi connectivity index (χ0) is 17.9. The van der Waals surface area contributed by atoms with Gasteiger partial charge in [0.2, 0.25) is 10.0 Å². The molecule has 25 heavy (non-hydrogen) atoms. The van der Waals surface area contributed by atoms with Gasteiger partial charge in [-0.25, -0.2) is 13.2 Å². The van der Waals surface area contributed by atoms with Gasteiger partial charge in [-0.2, -0.15) is 4.31 Å². The van der Waals surface area contributed by atoms with Crippen LogP contribution in [0.4, 0.5) is 4.79 Å². The van der Waals surface area contributed by atoms with Crippen LogP contribution in [-0.4, -0.2) is 49.9 Å². The maximum absolute atomic E-state index is 12.7. The average molecular weight is 360 g/mol. The highest BCUT2D eigenvalue weighted by atomic mass is 32.2. The molecular weight excluding hydrogens is 340 g/mol. The first-order valence-electron chi connectivity index (χ1n) is 8.05. The summed E-state index contributed by atoms with van der Waals surface area (Å²) < 4.78 is 32.1. The quantitative estimate of drug-likeness (QED) is 0.843. The molecular formula is C18H20N2O4S. The summed E-state index contributed by atoms with van der Waals surface area (Å²) in [6.45, 7) is 2.96. The number of benzene rings is 2. The van der Waals surface area contributed by atoms with E-state index >= 15 is 0 Å². The maximum Gasteiger partial charge on any atom is 0.415 e. The number of rotatable bonds is 3. The average Bonchev–Trinajstić information content (AvgIpc) is 2.62. The van der Waals surface area contributed by atoms with E-state index in [2.05, 4.69) is 0 Å². The fraction of sp³-hybridized carbons (Fsp3) is 0.278. The second-order valence-corrected chi connectivity index (χ2v) is 7.83. The summed E-state index contributed by atoms with van der Waals surface area (Å²) in [6, 6.07) is 15.7. The lowest BCUT2D eigenvalue weighted by Gasteiger charge is -2.33. The molecule has 1 heterocycles. The van der Waals surface area contributed by atoms with Gasteiger partial charge in [0.15, 0.2) is 0 Å². The van der Waals surface area contributed by atoms with Crippen molar-refractivity contribution in [1.29, 1.82) is 0 Å². The fourth-order valence-corrected chi connectivity index (χ4v) is 4.22. The number of nitrogens with zero attached hydrogens (tertiary/aromatic N) is 2. The van der Waals surface area contributed by atoms with Crippen LogP contribution in [0.3, 0.4) is 0 Å². The highest BCUT2D eigenvalue weighted by molar-refractivity contribution is 7.89. The predicted octanol–water partition coefficient (Wildman–Crippen LogP) is 2.50. The molecule has 2 aromatic rings. The van der Waals surface area contributed by atoms with Gasteiger partial charge in [0.25, 0.3) is 0 Å². The largest absolute Gasteiger partial charge is 0.415 e. The number of sulfonamides is 1. The van der Waals surface area contributed by atoms with Crippen molar-refractivity contribution in [3.8, 4) is 5.75 Å². The number of ether oxygens (including phenoxy) is 1. The van der Waals surface area contributed by atoms with Crippen molar-refractivity contribution < 1.29 is 17.9 Å². The van der Waals surface area contributed by atoms with Gasteiger partial charge in [-0.1, -0.05) is 30.3 Å². The van der Waals surface area contributed by atoms with Gasteiger partial charge in [0, 0.05) is 26.2 Å². The topological polar surface area (TPSA) is 66.9 Å². The second-order valence-electron chi connectivity index (χ2n) is 5.89. The molecule has 1 aliphatic heterocycles. The predicted molar refractivity (Wildman–Crippen MR) is 94.0 cm³/mol. The Hall–Kier alpha value is -2.38. The Bertz CT molecular complexity index is 844. The highest BCUT2D eigenvalue weighted by Crippen LogP contribution is 2.19. The van der Waals surface area contributed by atoms with Crippen molar-refractivity contribution >= 4 is 16.1 Å². The third-order valence-corrected chi connectivity index (χ3v) is 5.97. The molecule has 0 N–H and O–H groups in total. The van der Waals surface area contributed by atoms with Crippen molar-refractivity contribution in [2.24, 2.45) is 0 Å². The van der Waals surface area contributed by atoms with Gasteiger partial charge in [0.05, 0.1) is 4.90 Å². The van der Waals surface area contributed by atoms with E-state index in [1.165, 1.54) is 9.21 Å². The molecule has 0 aliphatic carbocycles. The van der Waals surface area contributed by atoms with Gasteiger partial charge >= 0.3 is 6.09 Å². The number of piperazine rings is 1. The Morgan fingerprint density at radius 2 is 1.64 bits per heavy atom. The van der Waals surface area contributed by atoms with E-state index in [0.29, 0.717) is 18.8 Å². The number of hydrogen-bond acceptors (Lipinski definition) is 4. The van der Waals surface area contributed by atoms with Crippen LogP contribution in [0.2, 0.25) is 0 Å². The van der Waals surface area contributed by atoms with Crippen molar-refractivity contribution in [2.75, 3.05) is 26.2 Å². The molecule has 0 unspecified atom stereocenters. The number of para-hydroxylation sites is 1. The molecule has 0 saturated carbocycles. The van der Waals surface area contributed by atoms with Crippen molar-refractivity contribution in [2.45, 2.75) is 11.8 Å². The monoisotopic (exact) mass is 360 g/mol. The Morgan fingerprint density at radius 3 is 2.28 bits per heavy atom. The Morgan fingerprint density at radius 1 is 0.960 bits per heavy atom. The summed E-state index contributed by atoms with van der Waals surface area (Å²) in [6.07, 6.45) is -0.459. The van der Waals surface area contributed by atoms with Crippen molar-refractivity contribution in [1.82, 2.24) is 9.21 Å². The first-order valence-corrected chi connectivity index (χ1v) is 9.49.